The molecule has 0 unspecified atom stereocenters. The van der Waals surface area contributed by atoms with Crippen molar-refractivity contribution < 1.29 is 0 Å². The summed E-state index contributed by atoms with van der Waals surface area (Å²) >= 11 is 1.91. The topological polar surface area (TPSA) is 4.93 Å². The Balaban J connectivity index is 1.03. The van der Waals surface area contributed by atoms with E-state index in [1.807, 2.05) is 11.3 Å². The number of rotatable bonds is 7. The molecule has 0 spiro atoms. The van der Waals surface area contributed by atoms with Gasteiger partial charge in [0.05, 0.1) is 11.0 Å². The van der Waals surface area contributed by atoms with Crippen LogP contribution < -0.4 is 0 Å². The number of thiophene rings is 1. The van der Waals surface area contributed by atoms with Gasteiger partial charge in [0.25, 0.3) is 0 Å². The van der Waals surface area contributed by atoms with Gasteiger partial charge in [-0.05, 0) is 115 Å². The number of para-hydroxylation sites is 1. The minimum Gasteiger partial charge on any atom is -0.309 e. The Hall–Kier alpha value is -7.78. The highest BCUT2D eigenvalue weighted by Gasteiger charge is 2.18. The monoisotopic (exact) mass is 805 g/mol. The molecule has 0 bridgehead atoms. The molecule has 1 nitrogen and oxygen atoms in total. The molecule has 0 atom stereocenters. The zero-order valence-electron chi connectivity index (χ0n) is 33.9. The lowest BCUT2D eigenvalue weighted by Crippen LogP contribution is -1.93. The molecule has 0 aliphatic rings. The quantitative estimate of drug-likeness (QED) is 0.151. The van der Waals surface area contributed by atoms with E-state index in [1.54, 1.807) is 0 Å². The lowest BCUT2D eigenvalue weighted by molar-refractivity contribution is 1.18. The molecule has 62 heavy (non-hydrogen) atoms. The average Bonchev–Trinajstić information content (AvgIpc) is 3.91. The molecule has 2 heteroatoms. The third-order valence-electron chi connectivity index (χ3n) is 12.4. The van der Waals surface area contributed by atoms with Crippen LogP contribution in [0.1, 0.15) is 0 Å². The maximum Gasteiger partial charge on any atom is 0.0541 e. The van der Waals surface area contributed by atoms with Crippen LogP contribution in [0, 0.1) is 0 Å². The van der Waals surface area contributed by atoms with E-state index in [4.69, 9.17) is 0 Å². The van der Waals surface area contributed by atoms with E-state index in [0.717, 1.165) is 5.69 Å². The van der Waals surface area contributed by atoms with Crippen LogP contribution in [0.15, 0.2) is 237 Å². The van der Waals surface area contributed by atoms with Crippen LogP contribution in [0.5, 0.6) is 0 Å². The fourth-order valence-corrected chi connectivity index (χ4v) is 10.7. The Bertz CT molecular complexity index is 3580. The third-order valence-corrected chi connectivity index (χ3v) is 13.7. The normalized spacial score (nSPS) is 11.5. The largest absolute Gasteiger partial charge is 0.309 e. The van der Waals surface area contributed by atoms with Gasteiger partial charge in [-0.1, -0.05) is 188 Å². The first-order chi connectivity index (χ1) is 30.7. The van der Waals surface area contributed by atoms with Crippen LogP contribution in [-0.4, -0.2) is 4.57 Å². The summed E-state index contributed by atoms with van der Waals surface area (Å²) in [7, 11) is 0. The van der Waals surface area contributed by atoms with Gasteiger partial charge in [0.1, 0.15) is 0 Å². The maximum absolute atomic E-state index is 2.41. The van der Waals surface area contributed by atoms with Crippen LogP contribution in [0.3, 0.4) is 0 Å². The summed E-state index contributed by atoms with van der Waals surface area (Å²) in [6, 6.07) is 86.6. The van der Waals surface area contributed by atoms with E-state index >= 15 is 0 Å². The van der Waals surface area contributed by atoms with Crippen molar-refractivity contribution in [2.45, 2.75) is 0 Å². The van der Waals surface area contributed by atoms with Crippen molar-refractivity contribution in [2.24, 2.45) is 0 Å². The van der Waals surface area contributed by atoms with Crippen molar-refractivity contribution in [1.82, 2.24) is 4.57 Å². The number of benzene rings is 10. The van der Waals surface area contributed by atoms with Gasteiger partial charge in [-0.3, -0.25) is 0 Å². The summed E-state index contributed by atoms with van der Waals surface area (Å²) in [6.45, 7) is 0. The van der Waals surface area contributed by atoms with Crippen molar-refractivity contribution >= 4 is 53.3 Å². The van der Waals surface area contributed by atoms with E-state index in [1.165, 1.54) is 109 Å². The molecule has 2 aromatic heterocycles. The van der Waals surface area contributed by atoms with Gasteiger partial charge in [-0.2, -0.15) is 0 Å². The second-order valence-corrected chi connectivity index (χ2v) is 17.1. The summed E-state index contributed by atoms with van der Waals surface area (Å²) in [5.74, 6) is 0. The van der Waals surface area contributed by atoms with Gasteiger partial charge in [0.2, 0.25) is 0 Å². The minimum absolute atomic E-state index is 1.15. The van der Waals surface area contributed by atoms with Gasteiger partial charge in [0.15, 0.2) is 0 Å². The zero-order chi connectivity index (χ0) is 41.0. The predicted octanol–water partition coefficient (Wildman–Crippen LogP) is 17.2. The number of fused-ring (bicyclic) bond motifs is 6. The van der Waals surface area contributed by atoms with Gasteiger partial charge >= 0.3 is 0 Å². The Kier molecular flexibility index (Phi) is 8.76. The zero-order valence-corrected chi connectivity index (χ0v) is 34.7. The molecular formula is C60H39NS. The predicted molar refractivity (Wildman–Crippen MR) is 266 cm³/mol. The molecule has 0 N–H and O–H groups in total. The van der Waals surface area contributed by atoms with E-state index < -0.39 is 0 Å². The lowest BCUT2D eigenvalue weighted by Gasteiger charge is -2.13. The maximum atomic E-state index is 2.41. The Morgan fingerprint density at radius 1 is 0.242 bits per heavy atom. The SMILES string of the molecule is c1ccc(-c2ccc(-c3cc(-c4ccc5c(c4)c4ccccc4n5-c4ccc(-c5ccccc5)cc4)cc(-c4cccc5c4sc4c(-c6ccccc6)cccc45)c3)cc2)cc1. The highest BCUT2D eigenvalue weighted by molar-refractivity contribution is 7.26. The van der Waals surface area contributed by atoms with Gasteiger partial charge in [0, 0.05) is 36.6 Å². The molecule has 0 saturated heterocycles. The molecule has 0 fully saturated rings. The molecule has 0 aliphatic heterocycles. The second-order valence-electron chi connectivity index (χ2n) is 16.1. The summed E-state index contributed by atoms with van der Waals surface area (Å²) in [5.41, 5.74) is 18.2. The third kappa shape index (κ3) is 6.24. The van der Waals surface area contributed by atoms with Crippen molar-refractivity contribution in [3.8, 4) is 72.4 Å². The van der Waals surface area contributed by atoms with Gasteiger partial charge in [-0.15, -0.1) is 11.3 Å². The first-order valence-corrected chi connectivity index (χ1v) is 22.1. The fourth-order valence-electron chi connectivity index (χ4n) is 9.36. The molecule has 0 amide bonds. The van der Waals surface area contributed by atoms with Crippen molar-refractivity contribution in [3.05, 3.63) is 237 Å². The Morgan fingerprint density at radius 3 is 1.27 bits per heavy atom. The molecule has 0 radical (unpaired) electrons. The summed E-state index contributed by atoms with van der Waals surface area (Å²) in [5, 5.41) is 5.08. The first kappa shape index (κ1) is 36.1. The summed E-state index contributed by atoms with van der Waals surface area (Å²) in [6.07, 6.45) is 0. The van der Waals surface area contributed by atoms with E-state index in [9.17, 15) is 0 Å². The van der Waals surface area contributed by atoms with Gasteiger partial charge in [-0.25, -0.2) is 0 Å². The molecule has 290 valence electrons. The lowest BCUT2D eigenvalue weighted by atomic mass is 9.91. The standard InChI is InChI=1S/C60H39NS/c1-4-14-40(15-5-1)42-26-28-44(29-27-42)47-36-48(38-49(37-47)52-22-13-24-55-54-23-12-21-51(59(54)62-60(52)55)45-18-8-3-9-19-45)46-32-35-58-56(39-46)53-20-10-11-25-57(53)61(58)50-33-30-43(31-34-50)41-16-6-2-7-17-41/h1-39H. The number of nitrogens with zero attached hydrogens (tertiary/aromatic N) is 1. The van der Waals surface area contributed by atoms with Crippen LogP contribution in [0.2, 0.25) is 0 Å². The summed E-state index contributed by atoms with van der Waals surface area (Å²) in [4.78, 5) is 0. The first-order valence-electron chi connectivity index (χ1n) is 21.2. The Labute approximate surface area is 365 Å². The molecular weight excluding hydrogens is 767 g/mol. The molecule has 2 heterocycles. The second kappa shape index (κ2) is 15.0. The smallest absolute Gasteiger partial charge is 0.0541 e. The molecule has 12 aromatic rings. The molecule has 12 rings (SSSR count). The summed E-state index contributed by atoms with van der Waals surface area (Å²) < 4.78 is 5.04. The van der Waals surface area contributed by atoms with Crippen LogP contribution in [0.25, 0.3) is 114 Å². The minimum atomic E-state index is 1.15. The highest BCUT2D eigenvalue weighted by Crippen LogP contribution is 2.45. The number of hydrogen-bond acceptors (Lipinski definition) is 1. The van der Waals surface area contributed by atoms with E-state index in [-0.39, 0.29) is 0 Å². The average molecular weight is 806 g/mol. The van der Waals surface area contributed by atoms with Gasteiger partial charge < -0.3 is 4.57 Å². The molecule has 10 aromatic carbocycles. The van der Waals surface area contributed by atoms with Crippen molar-refractivity contribution in [2.75, 3.05) is 0 Å². The van der Waals surface area contributed by atoms with Crippen molar-refractivity contribution in [3.63, 3.8) is 0 Å². The van der Waals surface area contributed by atoms with Crippen LogP contribution in [-0.2, 0) is 0 Å². The van der Waals surface area contributed by atoms with E-state index in [2.05, 4.69) is 241 Å². The number of hydrogen-bond donors (Lipinski definition) is 0. The number of aromatic nitrogens is 1. The van der Waals surface area contributed by atoms with E-state index in [0.29, 0.717) is 0 Å². The molecule has 0 saturated carbocycles. The van der Waals surface area contributed by atoms with Crippen molar-refractivity contribution in [1.29, 1.82) is 0 Å². The molecule has 0 aliphatic carbocycles. The highest BCUT2D eigenvalue weighted by atomic mass is 32.1. The fraction of sp³-hybridized carbons (Fsp3) is 0. The Morgan fingerprint density at radius 2 is 0.661 bits per heavy atom. The van der Waals surface area contributed by atoms with Crippen LogP contribution >= 0.6 is 11.3 Å². The van der Waals surface area contributed by atoms with Crippen LogP contribution in [0.4, 0.5) is 0 Å².